The maximum Gasteiger partial charge on any atom is 0.167 e. The van der Waals surface area contributed by atoms with Gasteiger partial charge in [-0.05, 0) is 37.4 Å². The van der Waals surface area contributed by atoms with Crippen molar-refractivity contribution >= 4 is 0 Å². The van der Waals surface area contributed by atoms with Crippen LogP contribution in [0.4, 0.5) is 8.78 Å². The van der Waals surface area contributed by atoms with Gasteiger partial charge in [0, 0.05) is 12.1 Å². The molecule has 1 fully saturated rings. The van der Waals surface area contributed by atoms with Crippen LogP contribution in [0, 0.1) is 17.6 Å². The molecule has 1 aliphatic carbocycles. The van der Waals surface area contributed by atoms with Gasteiger partial charge in [0.15, 0.2) is 11.6 Å². The molecule has 1 aromatic rings. The highest BCUT2D eigenvalue weighted by molar-refractivity contribution is 5.24. The molecule has 0 heterocycles. The fourth-order valence-electron chi connectivity index (χ4n) is 2.93. The summed E-state index contributed by atoms with van der Waals surface area (Å²) in [6, 6.07) is 3.68. The molecule has 1 aliphatic rings. The average molecular weight is 283 g/mol. The smallest absolute Gasteiger partial charge is 0.167 e. The van der Waals surface area contributed by atoms with Gasteiger partial charge in [-0.2, -0.15) is 0 Å². The lowest BCUT2D eigenvalue weighted by molar-refractivity contribution is 0.183. The molecule has 1 N–H and O–H groups in total. The zero-order valence-corrected chi connectivity index (χ0v) is 12.0. The molecule has 0 saturated heterocycles. The van der Waals surface area contributed by atoms with Gasteiger partial charge in [-0.3, -0.25) is 0 Å². The second kappa shape index (κ2) is 7.58. The van der Waals surface area contributed by atoms with E-state index in [1.54, 1.807) is 0 Å². The maximum absolute atomic E-state index is 13.5. The molecule has 0 radical (unpaired) electrons. The van der Waals surface area contributed by atoms with Gasteiger partial charge in [-0.25, -0.2) is 8.78 Å². The Morgan fingerprint density at radius 3 is 2.65 bits per heavy atom. The van der Waals surface area contributed by atoms with Crippen LogP contribution in [0.5, 0.6) is 5.75 Å². The molecule has 1 atom stereocenters. The molecule has 1 aromatic carbocycles. The third-order valence-corrected chi connectivity index (χ3v) is 4.00. The zero-order chi connectivity index (χ0) is 14.4. The average Bonchev–Trinajstić information content (AvgIpc) is 2.46. The van der Waals surface area contributed by atoms with E-state index in [1.165, 1.54) is 44.2 Å². The van der Waals surface area contributed by atoms with Crippen LogP contribution in [0.3, 0.4) is 0 Å². The molecule has 0 spiro atoms. The third kappa shape index (κ3) is 4.17. The summed E-state index contributed by atoms with van der Waals surface area (Å²) in [6.45, 7) is 3.37. The van der Waals surface area contributed by atoms with E-state index in [0.29, 0.717) is 12.5 Å². The molecule has 112 valence electrons. The van der Waals surface area contributed by atoms with Crippen molar-refractivity contribution in [1.82, 2.24) is 5.32 Å². The predicted molar refractivity (Wildman–Crippen MR) is 75.9 cm³/mol. The van der Waals surface area contributed by atoms with Crippen LogP contribution in [0.1, 0.15) is 39.0 Å². The Morgan fingerprint density at radius 1 is 1.25 bits per heavy atom. The van der Waals surface area contributed by atoms with Gasteiger partial charge in [0.25, 0.3) is 0 Å². The first-order valence-electron chi connectivity index (χ1n) is 7.52. The number of ether oxygens (including phenoxy) is 1. The second-order valence-corrected chi connectivity index (χ2v) is 5.45. The first-order valence-corrected chi connectivity index (χ1v) is 7.52. The zero-order valence-electron chi connectivity index (χ0n) is 12.0. The molecular weight excluding hydrogens is 260 g/mol. The van der Waals surface area contributed by atoms with Crippen LogP contribution < -0.4 is 10.1 Å². The van der Waals surface area contributed by atoms with Crippen molar-refractivity contribution in [3.8, 4) is 5.75 Å². The number of hydrogen-bond donors (Lipinski definition) is 1. The van der Waals surface area contributed by atoms with Gasteiger partial charge < -0.3 is 10.1 Å². The van der Waals surface area contributed by atoms with E-state index >= 15 is 0 Å². The Hall–Kier alpha value is -1.16. The largest absolute Gasteiger partial charge is 0.489 e. The van der Waals surface area contributed by atoms with Gasteiger partial charge in [0.05, 0.1) is 0 Å². The molecule has 2 rings (SSSR count). The summed E-state index contributed by atoms with van der Waals surface area (Å²) >= 11 is 0. The molecule has 4 heteroatoms. The summed E-state index contributed by atoms with van der Waals surface area (Å²) in [5.74, 6) is -0.494. The van der Waals surface area contributed by atoms with Crippen molar-refractivity contribution in [2.24, 2.45) is 5.92 Å². The van der Waals surface area contributed by atoms with Crippen molar-refractivity contribution in [2.45, 2.75) is 45.1 Å². The van der Waals surface area contributed by atoms with Crippen LogP contribution in [-0.4, -0.2) is 19.2 Å². The lowest BCUT2D eigenvalue weighted by atomic mass is 9.84. The number of rotatable bonds is 6. The van der Waals surface area contributed by atoms with Crippen LogP contribution in [-0.2, 0) is 0 Å². The van der Waals surface area contributed by atoms with E-state index in [-0.39, 0.29) is 11.8 Å². The van der Waals surface area contributed by atoms with E-state index in [2.05, 4.69) is 12.2 Å². The molecule has 0 bridgehead atoms. The minimum absolute atomic E-state index is 0.130. The fraction of sp³-hybridized carbons (Fsp3) is 0.625. The van der Waals surface area contributed by atoms with E-state index in [9.17, 15) is 8.78 Å². The molecule has 2 nitrogen and oxygen atoms in total. The van der Waals surface area contributed by atoms with Crippen LogP contribution in [0.2, 0.25) is 0 Å². The molecule has 1 unspecified atom stereocenters. The molecular formula is C16H23F2NO. The second-order valence-electron chi connectivity index (χ2n) is 5.45. The summed E-state index contributed by atoms with van der Waals surface area (Å²) in [7, 11) is 0. The summed E-state index contributed by atoms with van der Waals surface area (Å²) in [5.41, 5.74) is 0. The highest BCUT2D eigenvalue weighted by Gasteiger charge is 2.23. The quantitative estimate of drug-likeness (QED) is 0.855. The lowest BCUT2D eigenvalue weighted by Crippen LogP contribution is -2.41. The number of hydrogen-bond acceptors (Lipinski definition) is 2. The van der Waals surface area contributed by atoms with Crippen molar-refractivity contribution in [1.29, 1.82) is 0 Å². The van der Waals surface area contributed by atoms with E-state index < -0.39 is 11.6 Å². The first-order chi connectivity index (χ1) is 9.70. The first kappa shape index (κ1) is 15.2. The highest BCUT2D eigenvalue weighted by atomic mass is 19.1. The maximum atomic E-state index is 13.5. The Bertz CT molecular complexity index is 419. The van der Waals surface area contributed by atoms with Crippen molar-refractivity contribution in [2.75, 3.05) is 13.2 Å². The third-order valence-electron chi connectivity index (χ3n) is 4.00. The minimum Gasteiger partial charge on any atom is -0.489 e. The van der Waals surface area contributed by atoms with E-state index in [4.69, 9.17) is 4.74 Å². The molecule has 0 aromatic heterocycles. The van der Waals surface area contributed by atoms with E-state index in [1.807, 2.05) is 0 Å². The summed E-state index contributed by atoms with van der Waals surface area (Å²) in [4.78, 5) is 0. The van der Waals surface area contributed by atoms with Gasteiger partial charge in [-0.1, -0.05) is 26.2 Å². The van der Waals surface area contributed by atoms with Crippen LogP contribution in [0.15, 0.2) is 18.2 Å². The van der Waals surface area contributed by atoms with Gasteiger partial charge in [-0.15, -0.1) is 0 Å². The molecule has 0 aliphatic heterocycles. The lowest BCUT2D eigenvalue weighted by Gasteiger charge is -2.30. The number of likely N-dealkylation sites (N-methyl/N-ethyl adjacent to an activating group) is 1. The van der Waals surface area contributed by atoms with Crippen molar-refractivity contribution in [3.05, 3.63) is 29.8 Å². The topological polar surface area (TPSA) is 21.3 Å². The highest BCUT2D eigenvalue weighted by Crippen LogP contribution is 2.27. The molecule has 20 heavy (non-hydrogen) atoms. The standard InChI is InChI=1S/C16H23F2NO/c1-2-19-15(12-6-4-3-5-7-12)11-20-16-9-8-13(17)10-14(16)18/h8-10,12,15,19H,2-7,11H2,1H3. The summed E-state index contributed by atoms with van der Waals surface area (Å²) in [6.07, 6.45) is 6.23. The Kier molecular flexibility index (Phi) is 5.77. The summed E-state index contributed by atoms with van der Waals surface area (Å²) in [5, 5.41) is 3.43. The minimum atomic E-state index is -0.635. The fourth-order valence-corrected chi connectivity index (χ4v) is 2.93. The molecule has 1 saturated carbocycles. The van der Waals surface area contributed by atoms with Crippen molar-refractivity contribution in [3.63, 3.8) is 0 Å². The normalized spacial score (nSPS) is 17.9. The van der Waals surface area contributed by atoms with E-state index in [0.717, 1.165) is 12.6 Å². The number of halogens is 2. The Morgan fingerprint density at radius 2 is 2.00 bits per heavy atom. The van der Waals surface area contributed by atoms with Gasteiger partial charge >= 0.3 is 0 Å². The number of nitrogens with one attached hydrogen (secondary N) is 1. The molecule has 0 amide bonds. The number of benzene rings is 1. The summed E-state index contributed by atoms with van der Waals surface area (Å²) < 4.78 is 31.9. The van der Waals surface area contributed by atoms with Crippen LogP contribution in [0.25, 0.3) is 0 Å². The Balaban J connectivity index is 1.93. The van der Waals surface area contributed by atoms with Gasteiger partial charge in [0.2, 0.25) is 0 Å². The predicted octanol–water partition coefficient (Wildman–Crippen LogP) is 3.90. The monoisotopic (exact) mass is 283 g/mol. The SMILES string of the molecule is CCNC(COc1ccc(F)cc1F)C1CCCCC1. The van der Waals surface area contributed by atoms with Gasteiger partial charge in [0.1, 0.15) is 12.4 Å². The Labute approximate surface area is 119 Å². The van der Waals surface area contributed by atoms with Crippen LogP contribution >= 0.6 is 0 Å². The van der Waals surface area contributed by atoms with Crippen molar-refractivity contribution < 1.29 is 13.5 Å².